The predicted molar refractivity (Wildman–Crippen MR) is 82.9 cm³/mol. The molecule has 0 unspecified atom stereocenters. The zero-order valence-corrected chi connectivity index (χ0v) is 12.1. The number of amides is 2. The molecular weight excluding hydrogens is 250 g/mol. The molecule has 2 rings (SSSR count). The van der Waals surface area contributed by atoms with Gasteiger partial charge in [-0.05, 0) is 30.4 Å². The maximum Gasteiger partial charge on any atom is 0.314 e. The Labute approximate surface area is 120 Å². The largest absolute Gasteiger partial charge is 0.347 e. The number of urea groups is 1. The van der Waals surface area contributed by atoms with E-state index in [0.717, 1.165) is 32.4 Å². The molecule has 0 saturated carbocycles. The molecule has 2 amide bonds. The van der Waals surface area contributed by atoms with Crippen molar-refractivity contribution < 1.29 is 4.79 Å². The number of aryl methyl sites for hydroxylation is 1. The maximum absolute atomic E-state index is 11.5. The van der Waals surface area contributed by atoms with Gasteiger partial charge in [-0.3, -0.25) is 0 Å². The van der Waals surface area contributed by atoms with Crippen LogP contribution in [0.25, 0.3) is 10.9 Å². The lowest BCUT2D eigenvalue weighted by Gasteiger charge is -2.08. The fourth-order valence-electron chi connectivity index (χ4n) is 2.23. The molecule has 0 aliphatic heterocycles. The summed E-state index contributed by atoms with van der Waals surface area (Å²) in [5.41, 5.74) is 1.25. The Morgan fingerprint density at radius 2 is 1.85 bits per heavy atom. The molecule has 0 saturated heterocycles. The molecule has 4 nitrogen and oxygen atoms in total. The van der Waals surface area contributed by atoms with Crippen molar-refractivity contribution in [3.63, 3.8) is 0 Å². The topological polar surface area (TPSA) is 46.1 Å². The number of hydrogen-bond acceptors (Lipinski definition) is 1. The molecule has 1 aromatic carbocycles. The van der Waals surface area contributed by atoms with Crippen LogP contribution in [0.5, 0.6) is 0 Å². The highest BCUT2D eigenvalue weighted by Crippen LogP contribution is 2.15. The van der Waals surface area contributed by atoms with Crippen LogP contribution in [-0.2, 0) is 6.54 Å². The second-order valence-electron chi connectivity index (χ2n) is 4.96. The van der Waals surface area contributed by atoms with Crippen LogP contribution in [-0.4, -0.2) is 23.7 Å². The Hall–Kier alpha value is -1.97. The average Bonchev–Trinajstić information content (AvgIpc) is 2.87. The van der Waals surface area contributed by atoms with Gasteiger partial charge >= 0.3 is 6.03 Å². The molecule has 0 fully saturated rings. The van der Waals surface area contributed by atoms with E-state index in [-0.39, 0.29) is 6.03 Å². The van der Waals surface area contributed by atoms with Crippen molar-refractivity contribution in [2.45, 2.75) is 32.7 Å². The summed E-state index contributed by atoms with van der Waals surface area (Å²) < 4.78 is 2.23. The van der Waals surface area contributed by atoms with Gasteiger partial charge in [0.2, 0.25) is 0 Å². The highest BCUT2D eigenvalue weighted by atomic mass is 16.2. The van der Waals surface area contributed by atoms with Crippen LogP contribution in [0.15, 0.2) is 36.5 Å². The summed E-state index contributed by atoms with van der Waals surface area (Å²) in [7, 11) is 0. The third kappa shape index (κ3) is 4.02. The first-order valence-corrected chi connectivity index (χ1v) is 7.37. The Morgan fingerprint density at radius 3 is 2.65 bits per heavy atom. The van der Waals surface area contributed by atoms with E-state index in [4.69, 9.17) is 0 Å². The number of carbonyl (C=O) groups is 1. The molecule has 1 heterocycles. The van der Waals surface area contributed by atoms with E-state index in [2.05, 4.69) is 58.7 Å². The van der Waals surface area contributed by atoms with Crippen LogP contribution in [0.3, 0.4) is 0 Å². The number of benzene rings is 1. The van der Waals surface area contributed by atoms with Crippen LogP contribution < -0.4 is 10.6 Å². The molecule has 0 atom stereocenters. The van der Waals surface area contributed by atoms with E-state index < -0.39 is 0 Å². The molecule has 0 aliphatic carbocycles. The van der Waals surface area contributed by atoms with Crippen LogP contribution in [0, 0.1) is 0 Å². The van der Waals surface area contributed by atoms with Crippen LogP contribution in [0.2, 0.25) is 0 Å². The first-order valence-electron chi connectivity index (χ1n) is 7.37. The van der Waals surface area contributed by atoms with Gasteiger partial charge in [-0.25, -0.2) is 4.79 Å². The monoisotopic (exact) mass is 273 g/mol. The van der Waals surface area contributed by atoms with Gasteiger partial charge in [0.25, 0.3) is 0 Å². The third-order valence-corrected chi connectivity index (χ3v) is 3.36. The minimum absolute atomic E-state index is 0.0594. The van der Waals surface area contributed by atoms with Crippen LogP contribution in [0.4, 0.5) is 4.79 Å². The van der Waals surface area contributed by atoms with Gasteiger partial charge in [-0.15, -0.1) is 0 Å². The maximum atomic E-state index is 11.5. The molecule has 2 N–H and O–H groups in total. The van der Waals surface area contributed by atoms with Crippen molar-refractivity contribution in [3.05, 3.63) is 36.5 Å². The highest BCUT2D eigenvalue weighted by Gasteiger charge is 2.01. The average molecular weight is 273 g/mol. The van der Waals surface area contributed by atoms with Crippen molar-refractivity contribution in [2.24, 2.45) is 0 Å². The number of rotatable bonds is 7. The lowest BCUT2D eigenvalue weighted by molar-refractivity contribution is 0.240. The quantitative estimate of drug-likeness (QED) is 0.748. The second-order valence-corrected chi connectivity index (χ2v) is 4.96. The number of nitrogens with one attached hydrogen (secondary N) is 2. The molecule has 20 heavy (non-hydrogen) atoms. The SMILES string of the molecule is CCCCNC(=O)NCCCn1ccc2ccccc21. The highest BCUT2D eigenvalue weighted by molar-refractivity contribution is 5.79. The van der Waals surface area contributed by atoms with Crippen molar-refractivity contribution in [3.8, 4) is 0 Å². The molecule has 0 bridgehead atoms. The molecular formula is C16H23N3O. The van der Waals surface area contributed by atoms with Gasteiger partial charge in [-0.2, -0.15) is 0 Å². The first kappa shape index (κ1) is 14.4. The first-order chi connectivity index (χ1) is 9.81. The Bertz CT molecular complexity index is 547. The zero-order chi connectivity index (χ0) is 14.2. The van der Waals surface area contributed by atoms with Crippen molar-refractivity contribution >= 4 is 16.9 Å². The third-order valence-electron chi connectivity index (χ3n) is 3.36. The van der Waals surface area contributed by atoms with Crippen LogP contribution >= 0.6 is 0 Å². The molecule has 2 aromatic rings. The molecule has 1 aromatic heterocycles. The van der Waals surface area contributed by atoms with Gasteiger partial charge in [0, 0.05) is 31.3 Å². The van der Waals surface area contributed by atoms with Crippen molar-refractivity contribution in [2.75, 3.05) is 13.1 Å². The molecule has 0 radical (unpaired) electrons. The fourth-order valence-corrected chi connectivity index (χ4v) is 2.23. The van der Waals surface area contributed by atoms with Gasteiger partial charge in [-0.1, -0.05) is 31.5 Å². The van der Waals surface area contributed by atoms with E-state index >= 15 is 0 Å². The van der Waals surface area contributed by atoms with Crippen molar-refractivity contribution in [1.29, 1.82) is 0 Å². The second kappa shape index (κ2) is 7.58. The summed E-state index contributed by atoms with van der Waals surface area (Å²) in [5, 5.41) is 7.00. The Kier molecular flexibility index (Phi) is 5.47. The zero-order valence-electron chi connectivity index (χ0n) is 12.1. The van der Waals surface area contributed by atoms with Crippen molar-refractivity contribution in [1.82, 2.24) is 15.2 Å². The lowest BCUT2D eigenvalue weighted by atomic mass is 10.2. The summed E-state index contributed by atoms with van der Waals surface area (Å²) in [6.45, 7) is 4.48. The minimum atomic E-state index is -0.0594. The molecule has 4 heteroatoms. The van der Waals surface area contributed by atoms with E-state index in [9.17, 15) is 4.79 Å². The summed E-state index contributed by atoms with van der Waals surface area (Å²) in [4.78, 5) is 11.5. The van der Waals surface area contributed by atoms with E-state index in [1.165, 1.54) is 10.9 Å². The number of carbonyl (C=O) groups excluding carboxylic acids is 1. The normalized spacial score (nSPS) is 10.7. The van der Waals surface area contributed by atoms with Gasteiger partial charge in [0.1, 0.15) is 0 Å². The lowest BCUT2D eigenvalue weighted by Crippen LogP contribution is -2.36. The van der Waals surface area contributed by atoms with E-state index in [1.807, 2.05) is 0 Å². The summed E-state index contributed by atoms with van der Waals surface area (Å²) in [6, 6.07) is 10.4. The molecule has 108 valence electrons. The Balaban J connectivity index is 1.70. The number of fused-ring (bicyclic) bond motifs is 1. The fraction of sp³-hybridized carbons (Fsp3) is 0.438. The number of nitrogens with zero attached hydrogens (tertiary/aromatic N) is 1. The molecule has 0 aliphatic rings. The number of para-hydroxylation sites is 1. The summed E-state index contributed by atoms with van der Waals surface area (Å²) in [6.07, 6.45) is 5.16. The van der Waals surface area contributed by atoms with E-state index in [0.29, 0.717) is 6.54 Å². The number of aromatic nitrogens is 1. The molecule has 0 spiro atoms. The predicted octanol–water partition coefficient (Wildman–Crippen LogP) is 3.13. The minimum Gasteiger partial charge on any atom is -0.347 e. The van der Waals surface area contributed by atoms with Gasteiger partial charge in [0.05, 0.1) is 0 Å². The standard InChI is InChI=1S/C16H23N3O/c1-2-3-10-17-16(20)18-11-6-12-19-13-9-14-7-4-5-8-15(14)19/h4-5,7-9,13H,2-3,6,10-12H2,1H3,(H2,17,18,20). The summed E-state index contributed by atoms with van der Waals surface area (Å²) >= 11 is 0. The smallest absolute Gasteiger partial charge is 0.314 e. The summed E-state index contributed by atoms with van der Waals surface area (Å²) in [5.74, 6) is 0. The van der Waals surface area contributed by atoms with Crippen LogP contribution in [0.1, 0.15) is 26.2 Å². The van der Waals surface area contributed by atoms with Gasteiger partial charge in [0.15, 0.2) is 0 Å². The number of unbranched alkanes of at least 4 members (excludes halogenated alkanes) is 1. The van der Waals surface area contributed by atoms with Gasteiger partial charge < -0.3 is 15.2 Å². The Morgan fingerprint density at radius 1 is 1.10 bits per heavy atom. The number of hydrogen-bond donors (Lipinski definition) is 2. The van der Waals surface area contributed by atoms with E-state index in [1.54, 1.807) is 0 Å².